The fourth-order valence-corrected chi connectivity index (χ4v) is 3.20. The number of likely N-dealkylation sites (N-methyl/N-ethyl adjacent to an activating group) is 1. The van der Waals surface area contributed by atoms with Gasteiger partial charge in [-0.1, -0.05) is 6.07 Å². The highest BCUT2D eigenvalue weighted by Gasteiger charge is 2.15. The Balaban J connectivity index is 1.74. The van der Waals surface area contributed by atoms with E-state index in [2.05, 4.69) is 50.6 Å². The minimum absolute atomic E-state index is 0.763. The van der Waals surface area contributed by atoms with E-state index in [0.29, 0.717) is 0 Å². The molecular weight excluding hydrogens is 340 g/mol. The Morgan fingerprint density at radius 3 is 2.85 bits per heavy atom. The van der Waals surface area contributed by atoms with Crippen molar-refractivity contribution in [3.63, 3.8) is 0 Å². The summed E-state index contributed by atoms with van der Waals surface area (Å²) in [5.74, 6) is 1.63. The first-order valence-electron chi connectivity index (χ1n) is 8.94. The summed E-state index contributed by atoms with van der Waals surface area (Å²) in [7, 11) is 7.97. The molecule has 8 nitrogen and oxygen atoms in total. The monoisotopic (exact) mass is 364 g/mol. The molecule has 140 valence electrons. The molecule has 0 amide bonds. The van der Waals surface area contributed by atoms with Gasteiger partial charge in [0.25, 0.3) is 0 Å². The Morgan fingerprint density at radius 2 is 2.07 bits per heavy atom. The van der Waals surface area contributed by atoms with Crippen molar-refractivity contribution in [1.29, 1.82) is 0 Å². The Labute approximate surface area is 157 Å². The topological polar surface area (TPSA) is 86.7 Å². The van der Waals surface area contributed by atoms with Gasteiger partial charge >= 0.3 is 0 Å². The Morgan fingerprint density at radius 1 is 1.22 bits per heavy atom. The zero-order chi connectivity index (χ0) is 19.0. The van der Waals surface area contributed by atoms with Gasteiger partial charge in [0.2, 0.25) is 0 Å². The maximum Gasteiger partial charge on any atom is 0.156 e. The summed E-state index contributed by atoms with van der Waals surface area (Å²) in [4.78, 5) is 19.4. The third kappa shape index (κ3) is 3.19. The van der Waals surface area contributed by atoms with Crippen molar-refractivity contribution in [3.05, 3.63) is 30.6 Å². The molecule has 4 aromatic heterocycles. The summed E-state index contributed by atoms with van der Waals surface area (Å²) in [6, 6.07) is 8.09. The number of hydrogen-bond acceptors (Lipinski definition) is 6. The van der Waals surface area contributed by atoms with Gasteiger partial charge < -0.3 is 25.1 Å². The van der Waals surface area contributed by atoms with E-state index < -0.39 is 0 Å². The summed E-state index contributed by atoms with van der Waals surface area (Å²) in [6.07, 6.45) is 1.81. The van der Waals surface area contributed by atoms with E-state index in [1.807, 2.05) is 43.2 Å². The molecule has 0 saturated carbocycles. The highest BCUT2D eigenvalue weighted by atomic mass is 15.1. The van der Waals surface area contributed by atoms with Gasteiger partial charge in [-0.25, -0.2) is 15.0 Å². The van der Waals surface area contributed by atoms with Crippen LogP contribution in [-0.4, -0.2) is 63.6 Å². The van der Waals surface area contributed by atoms with Crippen LogP contribution in [0.2, 0.25) is 0 Å². The van der Waals surface area contributed by atoms with Gasteiger partial charge in [0.05, 0.1) is 23.2 Å². The number of aryl methyl sites for hydroxylation is 1. The third-order valence-electron chi connectivity index (χ3n) is 4.56. The van der Waals surface area contributed by atoms with Gasteiger partial charge in [-0.2, -0.15) is 0 Å². The summed E-state index contributed by atoms with van der Waals surface area (Å²) in [5.41, 5.74) is 4.55. The molecule has 4 heterocycles. The van der Waals surface area contributed by atoms with Crippen LogP contribution < -0.4 is 10.6 Å². The summed E-state index contributed by atoms with van der Waals surface area (Å²) >= 11 is 0. The van der Waals surface area contributed by atoms with E-state index in [4.69, 9.17) is 4.98 Å². The van der Waals surface area contributed by atoms with Crippen LogP contribution in [0.1, 0.15) is 0 Å². The van der Waals surface area contributed by atoms with Crippen molar-refractivity contribution in [2.45, 2.75) is 0 Å². The molecule has 0 spiro atoms. The minimum Gasteiger partial charge on any atom is -0.371 e. The zero-order valence-electron chi connectivity index (χ0n) is 16.0. The van der Waals surface area contributed by atoms with Crippen LogP contribution in [-0.2, 0) is 7.05 Å². The number of nitrogens with zero attached hydrogens (tertiary/aromatic N) is 5. The Kier molecular flexibility index (Phi) is 4.41. The standard InChI is InChI=1S/C19H24N8/c1-20-19-16-17(27(4)11-22-16)12-10-14(24-18(12)25-19)13-6-5-7-15(23-13)21-8-9-26(2)3/h5-7,10-11H,8-9H2,1-4H3,(H,21,23)(H2,20,24,25). The molecule has 0 saturated heterocycles. The second kappa shape index (κ2) is 6.88. The largest absolute Gasteiger partial charge is 0.371 e. The molecular formula is C19H24N8. The van der Waals surface area contributed by atoms with E-state index in [1.165, 1.54) is 0 Å². The molecule has 0 aliphatic heterocycles. The number of aromatic amines is 1. The quantitative estimate of drug-likeness (QED) is 0.487. The lowest BCUT2D eigenvalue weighted by Gasteiger charge is -2.11. The van der Waals surface area contributed by atoms with Gasteiger partial charge in [0, 0.05) is 32.6 Å². The predicted octanol–water partition coefficient (Wildman–Crippen LogP) is 2.53. The fraction of sp³-hybridized carbons (Fsp3) is 0.316. The molecule has 0 aliphatic carbocycles. The highest BCUT2D eigenvalue weighted by Crippen LogP contribution is 2.31. The molecule has 0 aromatic carbocycles. The molecule has 3 N–H and O–H groups in total. The number of nitrogens with one attached hydrogen (secondary N) is 3. The van der Waals surface area contributed by atoms with Crippen molar-refractivity contribution in [3.8, 4) is 11.4 Å². The lowest BCUT2D eigenvalue weighted by Crippen LogP contribution is -2.21. The molecule has 8 heteroatoms. The van der Waals surface area contributed by atoms with Crippen molar-refractivity contribution < 1.29 is 0 Å². The number of H-pyrrole nitrogens is 1. The summed E-state index contributed by atoms with van der Waals surface area (Å²) < 4.78 is 2.02. The molecule has 0 radical (unpaired) electrons. The first-order valence-corrected chi connectivity index (χ1v) is 8.94. The molecule has 0 aliphatic rings. The van der Waals surface area contributed by atoms with Gasteiger partial charge in [-0.15, -0.1) is 0 Å². The van der Waals surface area contributed by atoms with Crippen molar-refractivity contribution >= 4 is 33.7 Å². The summed E-state index contributed by atoms with van der Waals surface area (Å²) in [6.45, 7) is 1.80. The number of anilines is 2. The highest BCUT2D eigenvalue weighted by molar-refractivity contribution is 6.07. The molecule has 0 bridgehead atoms. The lowest BCUT2D eigenvalue weighted by molar-refractivity contribution is 0.425. The van der Waals surface area contributed by atoms with Crippen LogP contribution in [0, 0.1) is 0 Å². The van der Waals surface area contributed by atoms with Crippen LogP contribution in [0.25, 0.3) is 33.5 Å². The van der Waals surface area contributed by atoms with Crippen LogP contribution in [0.5, 0.6) is 0 Å². The lowest BCUT2D eigenvalue weighted by atomic mass is 10.2. The van der Waals surface area contributed by atoms with E-state index >= 15 is 0 Å². The van der Waals surface area contributed by atoms with Crippen molar-refractivity contribution in [1.82, 2.24) is 29.4 Å². The average Bonchev–Trinajstić information content (AvgIpc) is 3.24. The number of imidazole rings is 1. The van der Waals surface area contributed by atoms with E-state index in [9.17, 15) is 0 Å². The Hall–Kier alpha value is -3.13. The van der Waals surface area contributed by atoms with E-state index in [1.54, 1.807) is 0 Å². The van der Waals surface area contributed by atoms with Gasteiger partial charge in [0.15, 0.2) is 5.82 Å². The third-order valence-corrected chi connectivity index (χ3v) is 4.56. The molecule has 0 atom stereocenters. The second-order valence-electron chi connectivity index (χ2n) is 6.85. The normalized spacial score (nSPS) is 11.6. The number of pyridine rings is 2. The van der Waals surface area contributed by atoms with E-state index in [-0.39, 0.29) is 0 Å². The van der Waals surface area contributed by atoms with Crippen molar-refractivity contribution in [2.75, 3.05) is 44.9 Å². The molecule has 4 aromatic rings. The predicted molar refractivity (Wildman–Crippen MR) is 110 cm³/mol. The average molecular weight is 364 g/mol. The van der Waals surface area contributed by atoms with Gasteiger partial charge in [-0.3, -0.25) is 0 Å². The maximum absolute atomic E-state index is 4.74. The van der Waals surface area contributed by atoms with Crippen molar-refractivity contribution in [2.24, 2.45) is 7.05 Å². The smallest absolute Gasteiger partial charge is 0.156 e. The molecule has 0 fully saturated rings. The molecule has 27 heavy (non-hydrogen) atoms. The number of fused-ring (bicyclic) bond motifs is 3. The Bertz CT molecular complexity index is 1090. The van der Waals surface area contributed by atoms with Gasteiger partial charge in [-0.05, 0) is 32.3 Å². The van der Waals surface area contributed by atoms with E-state index in [0.717, 1.165) is 58.2 Å². The number of aromatic nitrogens is 5. The number of hydrogen-bond donors (Lipinski definition) is 3. The fourth-order valence-electron chi connectivity index (χ4n) is 3.20. The van der Waals surface area contributed by atoms with Crippen LogP contribution >= 0.6 is 0 Å². The second-order valence-corrected chi connectivity index (χ2v) is 6.85. The van der Waals surface area contributed by atoms with Crippen LogP contribution in [0.4, 0.5) is 11.6 Å². The summed E-state index contributed by atoms with van der Waals surface area (Å²) in [5, 5.41) is 7.53. The molecule has 4 rings (SSSR count). The van der Waals surface area contributed by atoms with Crippen LogP contribution in [0.3, 0.4) is 0 Å². The first-order chi connectivity index (χ1) is 13.1. The SMILES string of the molecule is CNc1nc2[nH]c(-c3cccc(NCCN(C)C)n3)cc2c2c1ncn2C. The zero-order valence-corrected chi connectivity index (χ0v) is 16.0. The van der Waals surface area contributed by atoms with Gasteiger partial charge in [0.1, 0.15) is 17.0 Å². The van der Waals surface area contributed by atoms with Crippen LogP contribution in [0.15, 0.2) is 30.6 Å². The number of rotatable bonds is 6. The molecule has 0 unspecified atom stereocenters. The maximum atomic E-state index is 4.74. The minimum atomic E-state index is 0.763. The first kappa shape index (κ1) is 17.3.